The van der Waals surface area contributed by atoms with Gasteiger partial charge in [-0.05, 0) is 37.0 Å². The third-order valence-electron chi connectivity index (χ3n) is 5.70. The average molecular weight is 356 g/mol. The first kappa shape index (κ1) is 16.2. The standard InChI is InChI=1S/C19H18ClN3O2/c1-25-18(24)19-6-2-3-13(19)10-23(11-19)17-12(8-21)9-22-16-5-4-14(20)7-15(16)17/h4-5,7,9,13H,2-3,6,10-11H2,1H3. The molecule has 0 N–H and O–H groups in total. The van der Waals surface area contributed by atoms with Crippen LogP contribution < -0.4 is 4.90 Å². The van der Waals surface area contributed by atoms with Crippen molar-refractivity contribution < 1.29 is 9.53 Å². The van der Waals surface area contributed by atoms with Crippen molar-refractivity contribution in [1.82, 2.24) is 4.98 Å². The fourth-order valence-electron chi connectivity index (χ4n) is 4.57. The number of carbonyl (C=O) groups excluding carboxylic acids is 1. The molecule has 2 atom stereocenters. The Balaban J connectivity index is 1.85. The molecule has 0 amide bonds. The lowest BCUT2D eigenvalue weighted by molar-refractivity contribution is -0.152. The molecule has 1 aromatic carbocycles. The maximum atomic E-state index is 12.5. The molecule has 5 nitrogen and oxygen atoms in total. The minimum Gasteiger partial charge on any atom is -0.469 e. The van der Waals surface area contributed by atoms with Gasteiger partial charge >= 0.3 is 5.97 Å². The van der Waals surface area contributed by atoms with E-state index in [1.165, 1.54) is 7.11 Å². The molecule has 4 rings (SSSR count). The number of nitriles is 1. The molecule has 0 spiro atoms. The highest BCUT2D eigenvalue weighted by atomic mass is 35.5. The molecule has 0 radical (unpaired) electrons. The van der Waals surface area contributed by atoms with Crippen LogP contribution in [0.15, 0.2) is 24.4 Å². The SMILES string of the molecule is COC(=O)C12CCCC1CN(c1c(C#N)cnc3ccc(Cl)cc13)C2. The Bertz CT molecular complexity index is 907. The number of rotatable bonds is 2. The zero-order valence-electron chi connectivity index (χ0n) is 14.0. The molecular formula is C19H18ClN3O2. The van der Waals surface area contributed by atoms with Crippen LogP contribution in [0, 0.1) is 22.7 Å². The number of benzene rings is 1. The van der Waals surface area contributed by atoms with Crippen molar-refractivity contribution in [1.29, 1.82) is 5.26 Å². The van der Waals surface area contributed by atoms with Gasteiger partial charge in [0, 0.05) is 29.7 Å². The monoisotopic (exact) mass is 355 g/mol. The molecule has 2 fully saturated rings. The zero-order valence-corrected chi connectivity index (χ0v) is 14.7. The van der Waals surface area contributed by atoms with Gasteiger partial charge in [0.05, 0.1) is 29.3 Å². The first-order chi connectivity index (χ1) is 12.1. The summed E-state index contributed by atoms with van der Waals surface area (Å²) in [7, 11) is 1.46. The number of hydrogen-bond donors (Lipinski definition) is 0. The minimum atomic E-state index is -0.463. The second kappa shape index (κ2) is 5.89. The molecule has 128 valence electrons. The Labute approximate surface area is 151 Å². The third-order valence-corrected chi connectivity index (χ3v) is 5.94. The smallest absolute Gasteiger partial charge is 0.313 e. The predicted octanol–water partition coefficient (Wildman–Crippen LogP) is 3.54. The molecular weight excluding hydrogens is 338 g/mol. The van der Waals surface area contributed by atoms with E-state index < -0.39 is 5.41 Å². The number of ether oxygens (including phenoxy) is 1. The number of anilines is 1. The van der Waals surface area contributed by atoms with Gasteiger partial charge in [0.1, 0.15) is 6.07 Å². The lowest BCUT2D eigenvalue weighted by Gasteiger charge is -2.26. The van der Waals surface area contributed by atoms with Crippen LogP contribution in [0.2, 0.25) is 5.02 Å². The van der Waals surface area contributed by atoms with E-state index in [1.807, 2.05) is 12.1 Å². The summed E-state index contributed by atoms with van der Waals surface area (Å²) in [6.45, 7) is 1.32. The molecule has 1 aliphatic carbocycles. The fraction of sp³-hybridized carbons (Fsp3) is 0.421. The van der Waals surface area contributed by atoms with E-state index in [0.717, 1.165) is 42.4 Å². The van der Waals surface area contributed by atoms with Crippen molar-refractivity contribution in [3.05, 3.63) is 35.0 Å². The number of fused-ring (bicyclic) bond motifs is 2. The topological polar surface area (TPSA) is 66.2 Å². The van der Waals surface area contributed by atoms with E-state index in [4.69, 9.17) is 16.3 Å². The maximum absolute atomic E-state index is 12.5. The molecule has 25 heavy (non-hydrogen) atoms. The molecule has 2 heterocycles. The lowest BCUT2D eigenvalue weighted by atomic mass is 9.81. The van der Waals surface area contributed by atoms with Crippen molar-refractivity contribution >= 4 is 34.2 Å². The van der Waals surface area contributed by atoms with Gasteiger partial charge in [-0.25, -0.2) is 0 Å². The third kappa shape index (κ3) is 2.36. The summed E-state index contributed by atoms with van der Waals surface area (Å²) in [6.07, 6.45) is 4.50. The Morgan fingerprint density at radius 1 is 1.52 bits per heavy atom. The van der Waals surface area contributed by atoms with E-state index in [-0.39, 0.29) is 11.9 Å². The number of aromatic nitrogens is 1. The Morgan fingerprint density at radius 2 is 2.36 bits per heavy atom. The molecule has 0 bridgehead atoms. The molecule has 1 aromatic heterocycles. The van der Waals surface area contributed by atoms with Crippen LogP contribution in [0.3, 0.4) is 0 Å². The average Bonchev–Trinajstić information content (AvgIpc) is 3.17. The van der Waals surface area contributed by atoms with Gasteiger partial charge in [0.15, 0.2) is 0 Å². The van der Waals surface area contributed by atoms with Crippen LogP contribution in [-0.2, 0) is 9.53 Å². The number of pyridine rings is 1. The van der Waals surface area contributed by atoms with Gasteiger partial charge in [0.25, 0.3) is 0 Å². The number of carbonyl (C=O) groups is 1. The van der Waals surface area contributed by atoms with Crippen molar-refractivity contribution in [2.45, 2.75) is 19.3 Å². The van der Waals surface area contributed by atoms with Crippen molar-refractivity contribution in [2.24, 2.45) is 11.3 Å². The van der Waals surface area contributed by atoms with E-state index in [9.17, 15) is 10.1 Å². The van der Waals surface area contributed by atoms with E-state index in [1.54, 1.807) is 12.3 Å². The van der Waals surface area contributed by atoms with Gasteiger partial charge in [-0.3, -0.25) is 9.78 Å². The van der Waals surface area contributed by atoms with Crippen LogP contribution in [-0.4, -0.2) is 31.2 Å². The summed E-state index contributed by atoms with van der Waals surface area (Å²) in [5.74, 6) is 0.126. The highest BCUT2D eigenvalue weighted by Gasteiger charge is 2.55. The number of hydrogen-bond acceptors (Lipinski definition) is 5. The highest BCUT2D eigenvalue weighted by Crippen LogP contribution is 2.51. The van der Waals surface area contributed by atoms with Gasteiger partial charge < -0.3 is 9.64 Å². The fourth-order valence-corrected chi connectivity index (χ4v) is 4.74. The maximum Gasteiger partial charge on any atom is 0.313 e. The second-order valence-electron chi connectivity index (χ2n) is 6.91. The minimum absolute atomic E-state index is 0.132. The molecule has 2 aliphatic rings. The quantitative estimate of drug-likeness (QED) is 0.771. The largest absolute Gasteiger partial charge is 0.469 e. The van der Waals surface area contributed by atoms with Crippen molar-refractivity contribution in [3.8, 4) is 6.07 Å². The van der Waals surface area contributed by atoms with E-state index in [2.05, 4.69) is 16.0 Å². The molecule has 2 unspecified atom stereocenters. The highest BCUT2D eigenvalue weighted by molar-refractivity contribution is 6.31. The molecule has 1 aliphatic heterocycles. The van der Waals surface area contributed by atoms with Crippen molar-refractivity contribution in [2.75, 3.05) is 25.1 Å². The summed E-state index contributed by atoms with van der Waals surface area (Å²) in [4.78, 5) is 19.0. The van der Waals surface area contributed by atoms with Gasteiger partial charge in [-0.15, -0.1) is 0 Å². The van der Waals surface area contributed by atoms with Crippen LogP contribution in [0.25, 0.3) is 10.9 Å². The Morgan fingerprint density at radius 3 is 3.12 bits per heavy atom. The van der Waals surface area contributed by atoms with Crippen LogP contribution in [0.4, 0.5) is 5.69 Å². The number of esters is 1. The molecule has 2 aromatic rings. The first-order valence-electron chi connectivity index (χ1n) is 8.41. The first-order valence-corrected chi connectivity index (χ1v) is 8.78. The normalized spacial score (nSPS) is 25.0. The van der Waals surface area contributed by atoms with Crippen LogP contribution in [0.5, 0.6) is 0 Å². The Kier molecular flexibility index (Phi) is 3.81. The molecule has 1 saturated heterocycles. The molecule has 1 saturated carbocycles. The molecule has 6 heteroatoms. The zero-order chi connectivity index (χ0) is 17.6. The van der Waals surface area contributed by atoms with Gasteiger partial charge in [-0.2, -0.15) is 5.26 Å². The summed E-state index contributed by atoms with van der Waals surface area (Å²) in [6, 6.07) is 7.74. The van der Waals surface area contributed by atoms with Gasteiger partial charge in [0.2, 0.25) is 0 Å². The van der Waals surface area contributed by atoms with Gasteiger partial charge in [-0.1, -0.05) is 18.0 Å². The summed E-state index contributed by atoms with van der Waals surface area (Å²) in [5.41, 5.74) is 1.67. The lowest BCUT2D eigenvalue weighted by Crippen LogP contribution is -2.37. The second-order valence-corrected chi connectivity index (χ2v) is 7.35. The van der Waals surface area contributed by atoms with E-state index in [0.29, 0.717) is 17.1 Å². The van der Waals surface area contributed by atoms with Crippen molar-refractivity contribution in [3.63, 3.8) is 0 Å². The summed E-state index contributed by atoms with van der Waals surface area (Å²) >= 11 is 6.19. The number of nitrogens with zero attached hydrogens (tertiary/aromatic N) is 3. The predicted molar refractivity (Wildman–Crippen MR) is 95.5 cm³/mol. The summed E-state index contributed by atoms with van der Waals surface area (Å²) in [5, 5.41) is 11.0. The number of methoxy groups -OCH3 is 1. The van der Waals surface area contributed by atoms with E-state index >= 15 is 0 Å². The number of halogens is 1. The Hall–Kier alpha value is -2.32. The summed E-state index contributed by atoms with van der Waals surface area (Å²) < 4.78 is 5.12. The van der Waals surface area contributed by atoms with Crippen LogP contribution >= 0.6 is 11.6 Å². The van der Waals surface area contributed by atoms with Crippen LogP contribution in [0.1, 0.15) is 24.8 Å².